The van der Waals surface area contributed by atoms with Gasteiger partial charge in [-0.05, 0) is 37.5 Å². The number of quaternary nitrogens is 1. The SMILES string of the molecule is Cc1ccc(S(=O)(=O)OC(C(=O)OC2CC[N+](C)(C)C2)(c2ccccc2)C2CCCC2)cc1.[Br-]. The highest BCUT2D eigenvalue weighted by Gasteiger charge is 2.55. The predicted molar refractivity (Wildman–Crippen MR) is 126 cm³/mol. The molecule has 0 spiro atoms. The summed E-state index contributed by atoms with van der Waals surface area (Å²) in [5, 5.41) is 0. The van der Waals surface area contributed by atoms with Gasteiger partial charge < -0.3 is 26.2 Å². The molecule has 6 nitrogen and oxygen atoms in total. The molecule has 1 aliphatic carbocycles. The molecular weight excluding hydrogens is 518 g/mol. The molecule has 2 aromatic carbocycles. The van der Waals surface area contributed by atoms with Crippen molar-refractivity contribution in [3.63, 3.8) is 0 Å². The number of aryl methyl sites for hydroxylation is 1. The number of ether oxygens (including phenoxy) is 1. The molecule has 34 heavy (non-hydrogen) atoms. The highest BCUT2D eigenvalue weighted by atomic mass is 79.9. The van der Waals surface area contributed by atoms with E-state index in [1.807, 2.05) is 25.1 Å². The van der Waals surface area contributed by atoms with E-state index in [1.54, 1.807) is 24.3 Å². The van der Waals surface area contributed by atoms with E-state index < -0.39 is 21.7 Å². The highest BCUT2D eigenvalue weighted by Crippen LogP contribution is 2.46. The summed E-state index contributed by atoms with van der Waals surface area (Å²) in [5.41, 5.74) is -0.230. The van der Waals surface area contributed by atoms with E-state index in [0.29, 0.717) is 24.9 Å². The molecule has 1 saturated heterocycles. The second-order valence-corrected chi connectivity index (χ2v) is 11.6. The van der Waals surface area contributed by atoms with Crippen LogP contribution in [0, 0.1) is 12.8 Å². The van der Waals surface area contributed by atoms with Crippen LogP contribution in [0.5, 0.6) is 0 Å². The molecule has 2 unspecified atom stereocenters. The number of esters is 1. The predicted octanol–water partition coefficient (Wildman–Crippen LogP) is 1.18. The van der Waals surface area contributed by atoms with Gasteiger partial charge in [-0.1, -0.05) is 60.9 Å². The van der Waals surface area contributed by atoms with Gasteiger partial charge in [-0.3, -0.25) is 0 Å². The van der Waals surface area contributed by atoms with Gasteiger partial charge in [0.2, 0.25) is 5.60 Å². The first-order valence-electron chi connectivity index (χ1n) is 11.7. The number of likely N-dealkylation sites (tertiary alicyclic amines) is 1. The number of carbonyl (C=O) groups is 1. The van der Waals surface area contributed by atoms with Crippen molar-refractivity contribution >= 4 is 16.1 Å². The third-order valence-corrected chi connectivity index (χ3v) is 8.35. The molecule has 8 heteroatoms. The second kappa shape index (κ2) is 10.5. The average molecular weight is 553 g/mol. The van der Waals surface area contributed by atoms with Crippen LogP contribution in [0.15, 0.2) is 59.5 Å². The van der Waals surface area contributed by atoms with Gasteiger partial charge in [-0.2, -0.15) is 8.42 Å². The normalized spacial score (nSPS) is 22.0. The van der Waals surface area contributed by atoms with Crippen LogP contribution in [0.25, 0.3) is 0 Å². The van der Waals surface area contributed by atoms with E-state index in [-0.39, 0.29) is 33.9 Å². The van der Waals surface area contributed by atoms with Gasteiger partial charge in [-0.15, -0.1) is 0 Å². The average Bonchev–Trinajstić information content (AvgIpc) is 3.43. The summed E-state index contributed by atoms with van der Waals surface area (Å²) in [4.78, 5) is 14.0. The monoisotopic (exact) mass is 551 g/mol. The van der Waals surface area contributed by atoms with Crippen LogP contribution >= 0.6 is 0 Å². The summed E-state index contributed by atoms with van der Waals surface area (Å²) >= 11 is 0. The number of hydrogen-bond acceptors (Lipinski definition) is 5. The fraction of sp³-hybridized carbons (Fsp3) is 0.500. The van der Waals surface area contributed by atoms with E-state index in [1.165, 1.54) is 12.1 Å². The first-order valence-corrected chi connectivity index (χ1v) is 13.1. The van der Waals surface area contributed by atoms with Gasteiger partial charge in [0.1, 0.15) is 6.54 Å². The Hall–Kier alpha value is -1.74. The van der Waals surface area contributed by atoms with E-state index >= 15 is 0 Å². The number of hydrogen-bond donors (Lipinski definition) is 0. The maximum Gasteiger partial charge on any atom is 0.345 e. The van der Waals surface area contributed by atoms with E-state index in [9.17, 15) is 13.2 Å². The molecule has 0 N–H and O–H groups in total. The van der Waals surface area contributed by atoms with E-state index in [2.05, 4.69) is 14.1 Å². The number of rotatable bonds is 7. The molecule has 4 rings (SSSR count). The summed E-state index contributed by atoms with van der Waals surface area (Å²) in [7, 11) is -0.0169. The van der Waals surface area contributed by atoms with Crippen molar-refractivity contribution < 1.29 is 43.6 Å². The van der Waals surface area contributed by atoms with E-state index in [0.717, 1.165) is 35.9 Å². The zero-order valence-corrected chi connectivity index (χ0v) is 22.5. The number of likely N-dealkylation sites (N-methyl/N-ethyl adjacent to an activating group) is 1. The lowest BCUT2D eigenvalue weighted by atomic mass is 9.80. The fourth-order valence-electron chi connectivity index (χ4n) is 5.18. The fourth-order valence-corrected chi connectivity index (χ4v) is 6.39. The number of carbonyl (C=O) groups excluding carboxylic acids is 1. The van der Waals surface area contributed by atoms with Crippen LogP contribution in [0.2, 0.25) is 0 Å². The lowest BCUT2D eigenvalue weighted by Gasteiger charge is -2.37. The van der Waals surface area contributed by atoms with Crippen LogP contribution in [-0.2, 0) is 29.4 Å². The molecule has 1 aliphatic heterocycles. The molecule has 186 valence electrons. The second-order valence-electron chi connectivity index (χ2n) is 10.1. The lowest BCUT2D eigenvalue weighted by molar-refractivity contribution is -0.879. The Labute approximate surface area is 213 Å². The number of benzene rings is 2. The van der Waals surface area contributed by atoms with Gasteiger partial charge in [0.25, 0.3) is 10.1 Å². The molecule has 2 aliphatic rings. The Morgan fingerprint density at radius 3 is 2.15 bits per heavy atom. The summed E-state index contributed by atoms with van der Waals surface area (Å²) in [6.07, 6.45) is 3.75. The standard InChI is InChI=1S/C26H34NO5S.BrH/c1-20-13-15-24(16-14-20)33(29,30)32-26(22-11-7-8-12-22,21-9-5-4-6-10-21)25(28)31-23-17-18-27(2,3)19-23;/h4-6,9-10,13-16,22-23H,7-8,11-12,17-19H2,1-3H3;1H/q+1;/p-1. The summed E-state index contributed by atoms with van der Waals surface area (Å²) in [5.74, 6) is -0.875. The van der Waals surface area contributed by atoms with Gasteiger partial charge in [0.15, 0.2) is 6.10 Å². The molecule has 2 aromatic rings. The Bertz CT molecular complexity index is 1080. The minimum absolute atomic E-state index is 0. The maximum absolute atomic E-state index is 14.0. The van der Waals surface area contributed by atoms with Crippen molar-refractivity contribution in [2.45, 2.75) is 55.6 Å². The van der Waals surface area contributed by atoms with Gasteiger partial charge in [-0.25, -0.2) is 8.98 Å². The van der Waals surface area contributed by atoms with Crippen molar-refractivity contribution in [3.8, 4) is 0 Å². The molecule has 2 atom stereocenters. The smallest absolute Gasteiger partial charge is 0.345 e. The molecule has 1 saturated carbocycles. The Balaban J connectivity index is 0.00000324. The molecule has 2 fully saturated rings. The minimum atomic E-state index is -4.23. The zero-order valence-electron chi connectivity index (χ0n) is 20.1. The van der Waals surface area contributed by atoms with Crippen molar-refractivity contribution in [2.24, 2.45) is 5.92 Å². The van der Waals surface area contributed by atoms with Gasteiger partial charge in [0, 0.05) is 12.3 Å². The summed E-state index contributed by atoms with van der Waals surface area (Å²) in [6.45, 7) is 3.50. The van der Waals surface area contributed by atoms with Crippen LogP contribution in [0.1, 0.15) is 43.2 Å². The van der Waals surface area contributed by atoms with Crippen LogP contribution in [0.3, 0.4) is 0 Å². The first-order chi connectivity index (χ1) is 15.6. The van der Waals surface area contributed by atoms with Crippen molar-refractivity contribution in [1.82, 2.24) is 0 Å². The molecule has 0 bridgehead atoms. The molecule has 0 amide bonds. The largest absolute Gasteiger partial charge is 1.00 e. The number of nitrogens with zero attached hydrogens (tertiary/aromatic N) is 1. The molecular formula is C26H34BrNO5S. The zero-order chi connectivity index (χ0) is 23.7. The maximum atomic E-state index is 14.0. The van der Waals surface area contributed by atoms with E-state index in [4.69, 9.17) is 8.92 Å². The van der Waals surface area contributed by atoms with Gasteiger partial charge >= 0.3 is 5.97 Å². The topological polar surface area (TPSA) is 69.7 Å². The minimum Gasteiger partial charge on any atom is -1.00 e. The Morgan fingerprint density at radius 1 is 0.971 bits per heavy atom. The first kappa shape index (κ1) is 26.9. The van der Waals surface area contributed by atoms with Crippen molar-refractivity contribution in [3.05, 3.63) is 65.7 Å². The van der Waals surface area contributed by atoms with Crippen molar-refractivity contribution in [2.75, 3.05) is 27.2 Å². The summed E-state index contributed by atoms with van der Waals surface area (Å²) < 4.78 is 39.8. The van der Waals surface area contributed by atoms with Crippen molar-refractivity contribution in [1.29, 1.82) is 0 Å². The molecule has 0 aromatic heterocycles. The Kier molecular flexibility index (Phi) is 8.28. The van der Waals surface area contributed by atoms with Crippen LogP contribution in [-0.4, -0.2) is 52.2 Å². The molecule has 1 heterocycles. The van der Waals surface area contributed by atoms with Crippen LogP contribution in [0.4, 0.5) is 0 Å². The van der Waals surface area contributed by atoms with Crippen LogP contribution < -0.4 is 17.0 Å². The quantitative estimate of drug-likeness (QED) is 0.293. The Morgan fingerprint density at radius 2 is 1.59 bits per heavy atom. The highest BCUT2D eigenvalue weighted by molar-refractivity contribution is 7.86. The van der Waals surface area contributed by atoms with Gasteiger partial charge in [0.05, 0.1) is 25.5 Å². The third kappa shape index (κ3) is 5.56. The lowest BCUT2D eigenvalue weighted by Crippen LogP contribution is -3.00. The summed E-state index contributed by atoms with van der Waals surface area (Å²) in [6, 6.07) is 15.5. The molecule has 0 radical (unpaired) electrons. The number of halogens is 1. The third-order valence-electron chi connectivity index (χ3n) is 7.01.